The minimum atomic E-state index is -2.54. The fraction of sp³-hybridized carbons (Fsp3) is 0.353. The maximum absolute atomic E-state index is 14.0. The summed E-state index contributed by atoms with van der Waals surface area (Å²) in [5.41, 5.74) is 9.50. The number of oxazole rings is 1. The van der Waals surface area contributed by atoms with Crippen molar-refractivity contribution in [1.82, 2.24) is 25.9 Å². The molecule has 0 bridgehead atoms. The van der Waals surface area contributed by atoms with Crippen LogP contribution in [-0.2, 0) is 0 Å². The lowest BCUT2D eigenvalue weighted by Crippen LogP contribution is -2.48. The van der Waals surface area contributed by atoms with E-state index in [0.717, 1.165) is 11.1 Å². The molecule has 2 aromatic heterocycles. The average molecular weight is 626 g/mol. The highest BCUT2D eigenvalue weighted by Crippen LogP contribution is 2.47. The second kappa shape index (κ2) is 12.7. The van der Waals surface area contributed by atoms with Gasteiger partial charge in [0.1, 0.15) is 17.7 Å². The fourth-order valence-electron chi connectivity index (χ4n) is 5.32. The SMILES string of the molecule is C=C(/C(C)=C(\C=C/C)c1cnco1)[C@H](Nc1cc(C#N)c2ncc(C#N)c(NCC(C)(C)C)c2c1)C1=CN(C2(C(F)F)CC2)NN1. The predicted molar refractivity (Wildman–Crippen MR) is 174 cm³/mol. The molecular weight excluding hydrogens is 588 g/mol. The van der Waals surface area contributed by atoms with Crippen LogP contribution >= 0.6 is 0 Å². The van der Waals surface area contributed by atoms with Gasteiger partial charge in [-0.2, -0.15) is 10.5 Å². The van der Waals surface area contributed by atoms with E-state index in [-0.39, 0.29) is 5.41 Å². The molecule has 10 nitrogen and oxygen atoms in total. The number of fused-ring (bicyclic) bond motifs is 1. The van der Waals surface area contributed by atoms with Gasteiger partial charge in [0.15, 0.2) is 12.2 Å². The standard InChI is InChI=1S/C34H37F2N9O/c1-7-8-25(28-16-39-19-46-28)20(2)21(3)29(27-17-45(44-43-27)34(9-10-34)32(35)36)42-24-11-22(13-37)30-26(12-24)31(23(14-38)15-40-30)41-18-33(4,5)6/h7-8,11-12,15-17,19,29,32,42-44H,3,9-10,18H2,1-2,4-6H3,(H,40,41)/b8-7-,25-20+/t29-/m0/s1. The third kappa shape index (κ3) is 6.30. The summed E-state index contributed by atoms with van der Waals surface area (Å²) in [4.78, 5) is 8.51. The van der Waals surface area contributed by atoms with Crippen molar-refractivity contribution in [3.63, 3.8) is 0 Å². The summed E-state index contributed by atoms with van der Waals surface area (Å²) in [6, 6.07) is 7.29. The third-order valence-electron chi connectivity index (χ3n) is 8.13. The smallest absolute Gasteiger partial charge is 0.262 e. The number of hydrogen-bond acceptors (Lipinski definition) is 10. The highest BCUT2D eigenvalue weighted by molar-refractivity contribution is 5.99. The molecule has 1 aliphatic heterocycles. The van der Waals surface area contributed by atoms with Gasteiger partial charge in [-0.25, -0.2) is 13.8 Å². The molecule has 0 amide bonds. The molecule has 12 heteroatoms. The van der Waals surface area contributed by atoms with Crippen LogP contribution in [0.1, 0.15) is 64.3 Å². The number of allylic oxidation sites excluding steroid dienone is 3. The summed E-state index contributed by atoms with van der Waals surface area (Å²) in [6.07, 6.45) is 8.00. The zero-order valence-electron chi connectivity index (χ0n) is 26.5. The molecule has 0 saturated heterocycles. The third-order valence-corrected chi connectivity index (χ3v) is 8.13. The molecule has 1 aromatic carbocycles. The number of pyridine rings is 1. The van der Waals surface area contributed by atoms with Crippen molar-refractivity contribution in [2.45, 2.75) is 65.5 Å². The first kappa shape index (κ1) is 32.2. The molecule has 1 aliphatic carbocycles. The van der Waals surface area contributed by atoms with Crippen molar-refractivity contribution in [3.8, 4) is 12.1 Å². The van der Waals surface area contributed by atoms with Crippen molar-refractivity contribution in [3.05, 3.63) is 89.6 Å². The van der Waals surface area contributed by atoms with Crippen LogP contribution in [0.15, 0.2) is 77.1 Å². The van der Waals surface area contributed by atoms with E-state index >= 15 is 0 Å². The molecule has 1 fully saturated rings. The number of hydrazine groups is 2. The van der Waals surface area contributed by atoms with E-state index in [2.05, 4.69) is 71.1 Å². The molecule has 0 unspecified atom stereocenters. The Morgan fingerprint density at radius 2 is 1.96 bits per heavy atom. The zero-order valence-corrected chi connectivity index (χ0v) is 26.5. The summed E-state index contributed by atoms with van der Waals surface area (Å²) < 4.78 is 33.7. The summed E-state index contributed by atoms with van der Waals surface area (Å²) in [6.45, 7) is 15.0. The van der Waals surface area contributed by atoms with E-state index in [1.54, 1.807) is 18.5 Å². The Morgan fingerprint density at radius 1 is 1.22 bits per heavy atom. The zero-order chi connectivity index (χ0) is 33.2. The maximum Gasteiger partial charge on any atom is 0.262 e. The van der Waals surface area contributed by atoms with Gasteiger partial charge < -0.3 is 20.5 Å². The van der Waals surface area contributed by atoms with Crippen LogP contribution in [-0.4, -0.2) is 39.5 Å². The van der Waals surface area contributed by atoms with Crippen LogP contribution in [0.2, 0.25) is 0 Å². The van der Waals surface area contributed by atoms with E-state index in [1.165, 1.54) is 17.6 Å². The number of aromatic nitrogens is 2. The lowest BCUT2D eigenvalue weighted by Gasteiger charge is -2.26. The Balaban J connectivity index is 1.63. The summed E-state index contributed by atoms with van der Waals surface area (Å²) in [7, 11) is 0. The Labute approximate surface area is 267 Å². The average Bonchev–Trinajstić information content (AvgIpc) is 3.40. The number of nitrogens with zero attached hydrogens (tertiary/aromatic N) is 5. The molecule has 4 N–H and O–H groups in total. The number of rotatable bonds is 11. The molecular formula is C34H37F2N9O. The van der Waals surface area contributed by atoms with Crippen LogP contribution in [0.3, 0.4) is 0 Å². The van der Waals surface area contributed by atoms with Crippen molar-refractivity contribution in [2.24, 2.45) is 5.41 Å². The molecule has 3 aromatic rings. The quantitative estimate of drug-likeness (QED) is 0.169. The molecule has 2 aliphatic rings. The minimum Gasteiger partial charge on any atom is -0.444 e. The van der Waals surface area contributed by atoms with Gasteiger partial charge in [-0.05, 0) is 55.4 Å². The molecule has 0 radical (unpaired) electrons. The van der Waals surface area contributed by atoms with E-state index in [0.29, 0.717) is 69.8 Å². The molecule has 46 heavy (non-hydrogen) atoms. The molecule has 1 atom stereocenters. The van der Waals surface area contributed by atoms with Crippen molar-refractivity contribution < 1.29 is 13.2 Å². The molecule has 1 saturated carbocycles. The molecule has 3 heterocycles. The van der Waals surface area contributed by atoms with Gasteiger partial charge in [-0.3, -0.25) is 9.99 Å². The van der Waals surface area contributed by atoms with Gasteiger partial charge in [-0.15, -0.1) is 5.53 Å². The predicted octanol–water partition coefficient (Wildman–Crippen LogP) is 6.77. The lowest BCUT2D eigenvalue weighted by molar-refractivity contribution is 0.00912. The minimum absolute atomic E-state index is 0.0896. The van der Waals surface area contributed by atoms with Crippen LogP contribution < -0.4 is 21.6 Å². The number of hydrogen-bond donors (Lipinski definition) is 4. The highest BCUT2D eigenvalue weighted by Gasteiger charge is 2.56. The second-order valence-corrected chi connectivity index (χ2v) is 12.7. The Bertz CT molecular complexity index is 1820. The van der Waals surface area contributed by atoms with E-state index in [4.69, 9.17) is 4.42 Å². The summed E-state index contributed by atoms with van der Waals surface area (Å²) >= 11 is 0. The summed E-state index contributed by atoms with van der Waals surface area (Å²) in [5, 5.41) is 29.0. The number of nitriles is 2. The normalized spacial score (nSPS) is 16.8. The van der Waals surface area contributed by atoms with Gasteiger partial charge in [-0.1, -0.05) is 39.5 Å². The lowest BCUT2D eigenvalue weighted by atomic mass is 9.93. The molecule has 238 valence electrons. The Hall–Kier alpha value is -5.20. The van der Waals surface area contributed by atoms with E-state index in [9.17, 15) is 19.3 Å². The summed E-state index contributed by atoms with van der Waals surface area (Å²) in [5.74, 6) is 0.542. The fourth-order valence-corrected chi connectivity index (χ4v) is 5.32. The van der Waals surface area contributed by atoms with Gasteiger partial charge in [0, 0.05) is 35.6 Å². The highest BCUT2D eigenvalue weighted by atomic mass is 19.3. The monoisotopic (exact) mass is 625 g/mol. The van der Waals surface area contributed by atoms with Crippen LogP contribution in [0.5, 0.6) is 0 Å². The van der Waals surface area contributed by atoms with Crippen molar-refractivity contribution in [1.29, 1.82) is 10.5 Å². The van der Waals surface area contributed by atoms with Gasteiger partial charge in [0.25, 0.3) is 6.43 Å². The van der Waals surface area contributed by atoms with Crippen molar-refractivity contribution >= 4 is 27.9 Å². The van der Waals surface area contributed by atoms with Crippen LogP contribution in [0.25, 0.3) is 16.5 Å². The number of benzene rings is 1. The van der Waals surface area contributed by atoms with Crippen LogP contribution in [0.4, 0.5) is 20.2 Å². The van der Waals surface area contributed by atoms with Gasteiger partial charge in [0.05, 0.1) is 40.3 Å². The van der Waals surface area contributed by atoms with Crippen LogP contribution in [0, 0.1) is 28.1 Å². The van der Waals surface area contributed by atoms with Gasteiger partial charge >= 0.3 is 0 Å². The number of anilines is 2. The molecule has 0 spiro atoms. The maximum atomic E-state index is 14.0. The second-order valence-electron chi connectivity index (χ2n) is 12.7. The molecule has 5 rings (SSSR count). The first-order chi connectivity index (χ1) is 21.9. The topological polar surface area (TPSA) is 138 Å². The van der Waals surface area contributed by atoms with Gasteiger partial charge in [0.2, 0.25) is 0 Å². The largest absolute Gasteiger partial charge is 0.444 e. The first-order valence-corrected chi connectivity index (χ1v) is 14.9. The first-order valence-electron chi connectivity index (χ1n) is 14.9. The Morgan fingerprint density at radius 3 is 2.54 bits per heavy atom. The number of nitrogens with one attached hydrogen (secondary N) is 4. The van der Waals surface area contributed by atoms with E-state index in [1.807, 2.05) is 32.1 Å². The van der Waals surface area contributed by atoms with E-state index < -0.39 is 18.0 Å². The van der Waals surface area contributed by atoms with Crippen molar-refractivity contribution in [2.75, 3.05) is 17.2 Å². The Kier molecular flexibility index (Phi) is 8.86. The number of halogens is 2. The number of alkyl halides is 2.